The van der Waals surface area contributed by atoms with Crippen molar-refractivity contribution < 1.29 is 13.2 Å². The van der Waals surface area contributed by atoms with Crippen molar-refractivity contribution in [1.82, 2.24) is 14.2 Å². The Bertz CT molecular complexity index is 817. The van der Waals surface area contributed by atoms with E-state index in [4.69, 9.17) is 11.6 Å². The first kappa shape index (κ1) is 18.8. The van der Waals surface area contributed by atoms with E-state index in [1.165, 1.54) is 10.6 Å². The van der Waals surface area contributed by atoms with Gasteiger partial charge in [0.2, 0.25) is 15.9 Å². The summed E-state index contributed by atoms with van der Waals surface area (Å²) in [6, 6.07) is 7.49. The lowest BCUT2D eigenvalue weighted by molar-refractivity contribution is -0.121. The van der Waals surface area contributed by atoms with Crippen LogP contribution in [0.1, 0.15) is 13.3 Å². The Morgan fingerprint density at radius 2 is 2.08 bits per heavy atom. The molecule has 1 aromatic heterocycles. The fraction of sp³-hybridized carbons (Fsp3) is 0.438. The average Bonchev–Trinajstić information content (AvgIpc) is 2.88. The van der Waals surface area contributed by atoms with Crippen molar-refractivity contribution in [2.24, 2.45) is 0 Å². The minimum atomic E-state index is -3.18. The topological polar surface area (TPSA) is 71.4 Å². The van der Waals surface area contributed by atoms with Gasteiger partial charge in [-0.25, -0.2) is 12.7 Å². The van der Waals surface area contributed by atoms with Gasteiger partial charge in [0.25, 0.3) is 0 Å². The van der Waals surface area contributed by atoms with Crippen LogP contribution in [0.2, 0.25) is 5.02 Å². The van der Waals surface area contributed by atoms with Crippen LogP contribution in [0.4, 0.5) is 0 Å². The van der Waals surface area contributed by atoms with Gasteiger partial charge in [0.05, 0.1) is 6.26 Å². The molecule has 0 aliphatic heterocycles. The zero-order chi connectivity index (χ0) is 17.7. The number of nitrogens with one attached hydrogen (secondary N) is 1. The molecule has 0 saturated carbocycles. The highest BCUT2D eigenvalue weighted by atomic mass is 35.5. The number of hydrogen-bond donors (Lipinski definition) is 1. The predicted octanol–water partition coefficient (Wildman–Crippen LogP) is 2.08. The summed E-state index contributed by atoms with van der Waals surface area (Å²) in [4.78, 5) is 12.1. The molecule has 2 aromatic rings. The van der Waals surface area contributed by atoms with Gasteiger partial charge >= 0.3 is 0 Å². The molecule has 0 aliphatic carbocycles. The maximum atomic E-state index is 12.1. The van der Waals surface area contributed by atoms with E-state index in [0.29, 0.717) is 31.1 Å². The second kappa shape index (κ2) is 8.00. The van der Waals surface area contributed by atoms with E-state index in [2.05, 4.69) is 5.32 Å². The summed E-state index contributed by atoms with van der Waals surface area (Å²) >= 11 is 6.00. The van der Waals surface area contributed by atoms with Crippen LogP contribution in [0.5, 0.6) is 0 Å². The molecule has 24 heavy (non-hydrogen) atoms. The lowest BCUT2D eigenvalue weighted by atomic mass is 10.2. The SMILES string of the molecule is CCN(CCCNC(=O)Cn1ccc2ccc(Cl)cc21)S(C)(=O)=O. The molecule has 0 saturated heterocycles. The molecule has 0 aliphatic rings. The van der Waals surface area contributed by atoms with Crippen LogP contribution in [-0.2, 0) is 21.4 Å². The van der Waals surface area contributed by atoms with E-state index in [-0.39, 0.29) is 12.5 Å². The maximum absolute atomic E-state index is 12.1. The smallest absolute Gasteiger partial charge is 0.239 e. The molecule has 0 spiro atoms. The molecule has 0 bridgehead atoms. The van der Waals surface area contributed by atoms with E-state index in [0.717, 1.165) is 10.9 Å². The highest BCUT2D eigenvalue weighted by molar-refractivity contribution is 7.88. The number of nitrogens with zero attached hydrogens (tertiary/aromatic N) is 2. The number of halogens is 1. The molecule has 8 heteroatoms. The monoisotopic (exact) mass is 371 g/mol. The largest absolute Gasteiger partial charge is 0.355 e. The molecule has 1 N–H and O–H groups in total. The number of benzene rings is 1. The van der Waals surface area contributed by atoms with Gasteiger partial charge in [-0.1, -0.05) is 24.6 Å². The Kier molecular flexibility index (Phi) is 6.26. The van der Waals surface area contributed by atoms with Gasteiger partial charge in [0.15, 0.2) is 0 Å². The second-order valence-electron chi connectivity index (χ2n) is 5.60. The van der Waals surface area contributed by atoms with Crippen molar-refractivity contribution >= 4 is 38.4 Å². The molecular formula is C16H22ClN3O3S. The number of aromatic nitrogens is 1. The number of fused-ring (bicyclic) bond motifs is 1. The van der Waals surface area contributed by atoms with Crippen LogP contribution in [0.25, 0.3) is 10.9 Å². The molecule has 1 amide bonds. The summed E-state index contributed by atoms with van der Waals surface area (Å²) in [7, 11) is -3.18. The highest BCUT2D eigenvalue weighted by Crippen LogP contribution is 2.20. The number of amides is 1. The van der Waals surface area contributed by atoms with E-state index in [1.54, 1.807) is 6.92 Å². The highest BCUT2D eigenvalue weighted by Gasteiger charge is 2.13. The predicted molar refractivity (Wildman–Crippen MR) is 96.7 cm³/mol. The quantitative estimate of drug-likeness (QED) is 0.722. The fourth-order valence-electron chi connectivity index (χ4n) is 2.55. The van der Waals surface area contributed by atoms with Gasteiger partial charge < -0.3 is 9.88 Å². The fourth-order valence-corrected chi connectivity index (χ4v) is 3.64. The summed E-state index contributed by atoms with van der Waals surface area (Å²) in [5.41, 5.74) is 0.909. The Balaban J connectivity index is 1.84. The van der Waals surface area contributed by atoms with E-state index in [1.807, 2.05) is 35.0 Å². The Hall–Kier alpha value is -1.57. The minimum absolute atomic E-state index is 0.116. The van der Waals surface area contributed by atoms with Gasteiger partial charge in [-0.2, -0.15) is 0 Å². The molecule has 6 nitrogen and oxygen atoms in total. The Morgan fingerprint density at radius 1 is 1.33 bits per heavy atom. The molecule has 1 heterocycles. The van der Waals surface area contributed by atoms with Gasteiger partial charge in [0.1, 0.15) is 6.54 Å². The summed E-state index contributed by atoms with van der Waals surface area (Å²) < 4.78 is 26.2. The van der Waals surface area contributed by atoms with Crippen molar-refractivity contribution in [3.05, 3.63) is 35.5 Å². The first-order valence-corrected chi connectivity index (χ1v) is 10.00. The van der Waals surface area contributed by atoms with Gasteiger partial charge in [-0.15, -0.1) is 0 Å². The van der Waals surface area contributed by atoms with E-state index >= 15 is 0 Å². The molecular weight excluding hydrogens is 350 g/mol. The van der Waals surface area contributed by atoms with E-state index < -0.39 is 10.0 Å². The van der Waals surface area contributed by atoms with E-state index in [9.17, 15) is 13.2 Å². The third-order valence-corrected chi connectivity index (χ3v) is 5.39. The summed E-state index contributed by atoms with van der Waals surface area (Å²) in [5.74, 6) is -0.116. The third kappa shape index (κ3) is 4.96. The summed E-state index contributed by atoms with van der Waals surface area (Å²) in [6.07, 6.45) is 3.62. The van der Waals surface area contributed by atoms with Crippen LogP contribution in [0.3, 0.4) is 0 Å². The number of carbonyl (C=O) groups is 1. The van der Waals surface area contributed by atoms with Crippen molar-refractivity contribution in [3.8, 4) is 0 Å². The van der Waals surface area contributed by atoms with Crippen LogP contribution >= 0.6 is 11.6 Å². The van der Waals surface area contributed by atoms with Crippen LogP contribution in [-0.4, -0.2) is 49.1 Å². The zero-order valence-corrected chi connectivity index (χ0v) is 15.4. The second-order valence-corrected chi connectivity index (χ2v) is 8.02. The Labute approximate surface area is 147 Å². The number of hydrogen-bond acceptors (Lipinski definition) is 3. The molecule has 132 valence electrons. The standard InChI is InChI=1S/C16H22ClN3O3S/c1-3-20(24(2,22)23)9-4-8-18-16(21)12-19-10-7-13-5-6-14(17)11-15(13)19/h5-7,10-11H,3-4,8-9,12H2,1-2H3,(H,18,21). The lowest BCUT2D eigenvalue weighted by Crippen LogP contribution is -2.34. The van der Waals surface area contributed by atoms with Crippen molar-refractivity contribution in [3.63, 3.8) is 0 Å². The average molecular weight is 372 g/mol. The molecule has 0 unspecified atom stereocenters. The van der Waals surface area contributed by atoms with Gasteiger partial charge in [-0.05, 0) is 30.0 Å². The van der Waals surface area contributed by atoms with Gasteiger partial charge in [0, 0.05) is 36.4 Å². The first-order valence-electron chi connectivity index (χ1n) is 7.77. The molecule has 1 aromatic carbocycles. The van der Waals surface area contributed by atoms with Gasteiger partial charge in [-0.3, -0.25) is 4.79 Å². The number of carbonyl (C=O) groups excluding carboxylic acids is 1. The van der Waals surface area contributed by atoms with Crippen LogP contribution in [0.15, 0.2) is 30.5 Å². The van der Waals surface area contributed by atoms with Crippen molar-refractivity contribution in [2.45, 2.75) is 19.9 Å². The number of sulfonamides is 1. The third-order valence-electron chi connectivity index (χ3n) is 3.78. The first-order chi connectivity index (χ1) is 11.3. The molecule has 0 radical (unpaired) electrons. The van der Waals surface area contributed by atoms with Crippen LogP contribution < -0.4 is 5.32 Å². The van der Waals surface area contributed by atoms with Crippen molar-refractivity contribution in [2.75, 3.05) is 25.9 Å². The normalized spacial score (nSPS) is 12.0. The number of rotatable bonds is 8. The zero-order valence-electron chi connectivity index (χ0n) is 13.8. The molecule has 2 rings (SSSR count). The summed E-state index contributed by atoms with van der Waals surface area (Å²) in [6.45, 7) is 3.26. The molecule has 0 atom stereocenters. The summed E-state index contributed by atoms with van der Waals surface area (Å²) in [5, 5.41) is 4.47. The minimum Gasteiger partial charge on any atom is -0.355 e. The van der Waals surface area contributed by atoms with Crippen LogP contribution in [0, 0.1) is 0 Å². The lowest BCUT2D eigenvalue weighted by Gasteiger charge is -2.17. The maximum Gasteiger partial charge on any atom is 0.239 e. The molecule has 0 fully saturated rings. The van der Waals surface area contributed by atoms with Crippen molar-refractivity contribution in [1.29, 1.82) is 0 Å². The Morgan fingerprint density at radius 3 is 2.75 bits per heavy atom.